The third-order valence-electron chi connectivity index (χ3n) is 2.39. The van der Waals surface area contributed by atoms with E-state index < -0.39 is 5.97 Å². The van der Waals surface area contributed by atoms with E-state index in [0.717, 1.165) is 5.69 Å². The Morgan fingerprint density at radius 1 is 1.50 bits per heavy atom. The minimum absolute atomic E-state index is 0.115. The number of rotatable bonds is 6. The van der Waals surface area contributed by atoms with Crippen molar-refractivity contribution in [1.82, 2.24) is 4.98 Å². The zero-order valence-corrected chi connectivity index (χ0v) is 11.2. The molecule has 0 bridgehead atoms. The van der Waals surface area contributed by atoms with E-state index >= 15 is 0 Å². The van der Waals surface area contributed by atoms with Crippen molar-refractivity contribution >= 4 is 5.97 Å². The molecule has 1 aromatic heterocycles. The zero-order chi connectivity index (χ0) is 13.7. The first-order valence-electron chi connectivity index (χ1n) is 5.91. The molecular formula is C13H19NO4. The Hall–Kier alpha value is -1.62. The maximum absolute atomic E-state index is 11.2. The van der Waals surface area contributed by atoms with Crippen LogP contribution in [0.5, 0.6) is 5.88 Å². The summed E-state index contributed by atoms with van der Waals surface area (Å²) < 4.78 is 10.8. The molecule has 100 valence electrons. The number of carboxylic acid groups (broad SMARTS) is 1. The van der Waals surface area contributed by atoms with Crippen LogP contribution in [-0.4, -0.2) is 35.4 Å². The molecule has 0 fully saturated rings. The molecule has 0 aliphatic rings. The van der Waals surface area contributed by atoms with Crippen LogP contribution >= 0.6 is 0 Å². The monoisotopic (exact) mass is 253 g/mol. The average Bonchev–Trinajstić information content (AvgIpc) is 2.24. The van der Waals surface area contributed by atoms with Crippen LogP contribution in [0.2, 0.25) is 0 Å². The van der Waals surface area contributed by atoms with Gasteiger partial charge in [-0.2, -0.15) is 0 Å². The van der Waals surface area contributed by atoms with Gasteiger partial charge in [0.05, 0.1) is 6.61 Å². The quantitative estimate of drug-likeness (QED) is 0.841. The summed E-state index contributed by atoms with van der Waals surface area (Å²) in [7, 11) is 0. The maximum Gasteiger partial charge on any atom is 0.341 e. The molecule has 0 aliphatic carbocycles. The highest BCUT2D eigenvalue weighted by atomic mass is 16.5. The number of aromatic carboxylic acids is 1. The highest BCUT2D eigenvalue weighted by molar-refractivity contribution is 5.91. The fraction of sp³-hybridized carbons (Fsp3) is 0.538. The number of hydrogen-bond donors (Lipinski definition) is 1. The van der Waals surface area contributed by atoms with Gasteiger partial charge in [-0.1, -0.05) is 0 Å². The van der Waals surface area contributed by atoms with Crippen molar-refractivity contribution in [2.75, 3.05) is 13.2 Å². The van der Waals surface area contributed by atoms with Gasteiger partial charge < -0.3 is 14.6 Å². The Morgan fingerprint density at radius 2 is 2.17 bits per heavy atom. The molecule has 1 aromatic rings. The second kappa shape index (κ2) is 6.35. The molecule has 1 unspecified atom stereocenters. The molecule has 0 radical (unpaired) electrons. The van der Waals surface area contributed by atoms with E-state index in [9.17, 15) is 9.90 Å². The smallest absolute Gasteiger partial charge is 0.341 e. The van der Waals surface area contributed by atoms with Crippen LogP contribution in [0.25, 0.3) is 0 Å². The number of pyridine rings is 1. The lowest BCUT2D eigenvalue weighted by molar-refractivity contribution is 0.0586. The second-order valence-corrected chi connectivity index (χ2v) is 4.15. The van der Waals surface area contributed by atoms with Crippen molar-refractivity contribution in [2.45, 2.75) is 33.8 Å². The van der Waals surface area contributed by atoms with Crippen molar-refractivity contribution in [3.63, 3.8) is 0 Å². The molecule has 1 atom stereocenters. The van der Waals surface area contributed by atoms with Gasteiger partial charge in [0.25, 0.3) is 0 Å². The van der Waals surface area contributed by atoms with Gasteiger partial charge in [-0.05, 0) is 39.3 Å². The van der Waals surface area contributed by atoms with E-state index in [4.69, 9.17) is 9.47 Å². The average molecular weight is 253 g/mol. The summed E-state index contributed by atoms with van der Waals surface area (Å²) in [6, 6.07) is 1.73. The number of nitrogens with zero attached hydrogens (tertiary/aromatic N) is 1. The van der Waals surface area contributed by atoms with Crippen molar-refractivity contribution in [3.05, 3.63) is 22.9 Å². The van der Waals surface area contributed by atoms with Gasteiger partial charge in [0.1, 0.15) is 11.7 Å². The van der Waals surface area contributed by atoms with Gasteiger partial charge in [0, 0.05) is 12.3 Å². The Kier molecular flexibility index (Phi) is 5.09. The normalized spacial score (nSPS) is 12.2. The summed E-state index contributed by atoms with van der Waals surface area (Å²) in [4.78, 5) is 15.3. The number of aryl methyl sites for hydroxylation is 2. The first kappa shape index (κ1) is 14.4. The Balaban J connectivity index is 2.96. The molecule has 0 saturated heterocycles. The Morgan fingerprint density at radius 3 is 2.72 bits per heavy atom. The van der Waals surface area contributed by atoms with Crippen molar-refractivity contribution < 1.29 is 19.4 Å². The fourth-order valence-corrected chi connectivity index (χ4v) is 1.66. The highest BCUT2D eigenvalue weighted by Gasteiger charge is 2.18. The van der Waals surface area contributed by atoms with Gasteiger partial charge in [-0.15, -0.1) is 0 Å². The molecule has 1 rings (SSSR count). The Labute approximate surface area is 107 Å². The lowest BCUT2D eigenvalue weighted by atomic mass is 10.1. The third kappa shape index (κ3) is 3.70. The van der Waals surface area contributed by atoms with Gasteiger partial charge in [0.2, 0.25) is 5.88 Å². The van der Waals surface area contributed by atoms with Crippen LogP contribution in [0.3, 0.4) is 0 Å². The summed E-state index contributed by atoms with van der Waals surface area (Å²) in [5.41, 5.74) is 1.49. The number of carbonyl (C=O) groups is 1. The topological polar surface area (TPSA) is 68.7 Å². The summed E-state index contributed by atoms with van der Waals surface area (Å²) in [6.07, 6.45) is -0.239. The van der Waals surface area contributed by atoms with Crippen molar-refractivity contribution in [1.29, 1.82) is 0 Å². The van der Waals surface area contributed by atoms with Crippen molar-refractivity contribution in [3.8, 4) is 5.88 Å². The van der Waals surface area contributed by atoms with E-state index in [2.05, 4.69) is 4.98 Å². The lowest BCUT2D eigenvalue weighted by Gasteiger charge is -2.16. The van der Waals surface area contributed by atoms with E-state index in [1.807, 2.05) is 13.8 Å². The van der Waals surface area contributed by atoms with Gasteiger partial charge in [-0.3, -0.25) is 0 Å². The number of carboxylic acids is 1. The standard InChI is InChI=1S/C13H19NO4/c1-5-17-7-10(4)18-12-11(13(15)16)8(2)6-9(3)14-12/h6,10H,5,7H2,1-4H3,(H,15,16). The molecule has 0 aromatic carbocycles. The van der Waals surface area contributed by atoms with Crippen LogP contribution < -0.4 is 4.74 Å². The molecule has 1 N–H and O–H groups in total. The summed E-state index contributed by atoms with van der Waals surface area (Å²) in [5.74, 6) is -0.870. The number of aromatic nitrogens is 1. The zero-order valence-electron chi connectivity index (χ0n) is 11.2. The van der Waals surface area contributed by atoms with Crippen molar-refractivity contribution in [2.24, 2.45) is 0 Å². The molecule has 0 saturated carbocycles. The molecule has 5 nitrogen and oxygen atoms in total. The second-order valence-electron chi connectivity index (χ2n) is 4.15. The predicted molar refractivity (Wildman–Crippen MR) is 67.3 cm³/mol. The van der Waals surface area contributed by atoms with Gasteiger partial charge >= 0.3 is 5.97 Å². The van der Waals surface area contributed by atoms with Gasteiger partial charge in [-0.25, -0.2) is 9.78 Å². The molecule has 0 spiro atoms. The minimum Gasteiger partial charge on any atom is -0.477 e. The number of ether oxygens (including phenoxy) is 2. The van der Waals surface area contributed by atoms with Crippen LogP contribution in [0, 0.1) is 13.8 Å². The van der Waals surface area contributed by atoms with Crippen LogP contribution in [0.1, 0.15) is 35.5 Å². The largest absolute Gasteiger partial charge is 0.477 e. The van der Waals surface area contributed by atoms with Crippen LogP contribution in [-0.2, 0) is 4.74 Å². The highest BCUT2D eigenvalue weighted by Crippen LogP contribution is 2.22. The minimum atomic E-state index is -1.03. The molecule has 5 heteroatoms. The first-order chi connectivity index (χ1) is 8.45. The summed E-state index contributed by atoms with van der Waals surface area (Å²) in [6.45, 7) is 8.26. The molecule has 0 aliphatic heterocycles. The third-order valence-corrected chi connectivity index (χ3v) is 2.39. The van der Waals surface area contributed by atoms with E-state index in [0.29, 0.717) is 18.8 Å². The molecule has 18 heavy (non-hydrogen) atoms. The first-order valence-corrected chi connectivity index (χ1v) is 5.91. The van der Waals surface area contributed by atoms with Gasteiger partial charge in [0.15, 0.2) is 0 Å². The predicted octanol–water partition coefficient (Wildman–Crippen LogP) is 2.20. The van der Waals surface area contributed by atoms with Crippen LogP contribution in [0.15, 0.2) is 6.07 Å². The molecule has 1 heterocycles. The summed E-state index contributed by atoms with van der Waals surface area (Å²) >= 11 is 0. The van der Waals surface area contributed by atoms with E-state index in [1.54, 1.807) is 19.9 Å². The van der Waals surface area contributed by atoms with E-state index in [-0.39, 0.29) is 17.5 Å². The lowest BCUT2D eigenvalue weighted by Crippen LogP contribution is -2.21. The van der Waals surface area contributed by atoms with Crippen LogP contribution in [0.4, 0.5) is 0 Å². The fourth-order valence-electron chi connectivity index (χ4n) is 1.66. The number of hydrogen-bond acceptors (Lipinski definition) is 4. The summed E-state index contributed by atoms with van der Waals surface area (Å²) in [5, 5.41) is 9.18. The molecular weight excluding hydrogens is 234 g/mol. The maximum atomic E-state index is 11.2. The SMILES string of the molecule is CCOCC(C)Oc1nc(C)cc(C)c1C(=O)O. The Bertz CT molecular complexity index is 431. The van der Waals surface area contributed by atoms with E-state index in [1.165, 1.54) is 0 Å². The molecule has 0 amide bonds.